The number of nitrogens with one attached hydrogen (secondary N) is 1. The molecule has 0 atom stereocenters. The number of non-ortho nitro benzene ring substituents is 1. The van der Waals surface area contributed by atoms with Gasteiger partial charge in [0.25, 0.3) is 11.6 Å². The minimum absolute atomic E-state index is 0.00185. The maximum atomic E-state index is 12.6. The van der Waals surface area contributed by atoms with Gasteiger partial charge in [-0.15, -0.1) is 0 Å². The number of methoxy groups -OCH3 is 1. The summed E-state index contributed by atoms with van der Waals surface area (Å²) in [6, 6.07) is 18.5. The molecule has 1 N–H and O–H groups in total. The lowest BCUT2D eigenvalue weighted by molar-refractivity contribution is -0.384. The van der Waals surface area contributed by atoms with E-state index in [2.05, 4.69) is 43.8 Å². The van der Waals surface area contributed by atoms with Gasteiger partial charge in [0.05, 0.1) is 16.5 Å². The van der Waals surface area contributed by atoms with Gasteiger partial charge in [-0.05, 0) is 104 Å². The van der Waals surface area contributed by atoms with Crippen LogP contribution >= 0.6 is 38.5 Å². The molecule has 10 heteroatoms. The molecular weight excluding hydrogens is 617 g/mol. The number of halogens is 2. The molecule has 0 unspecified atom stereocenters. The van der Waals surface area contributed by atoms with E-state index in [-0.39, 0.29) is 17.9 Å². The van der Waals surface area contributed by atoms with Gasteiger partial charge in [0.15, 0.2) is 11.5 Å². The number of carbonyl (C=O) groups excluding carboxylic acids is 1. The average Bonchev–Trinajstić information content (AvgIpc) is 2.83. The number of nitrogens with zero attached hydrogens (tertiary/aromatic N) is 2. The van der Waals surface area contributed by atoms with Crippen LogP contribution < -0.4 is 14.8 Å². The van der Waals surface area contributed by atoms with Crippen LogP contribution in [0.2, 0.25) is 0 Å². The topological polar surface area (TPSA) is 114 Å². The first-order valence-electron chi connectivity index (χ1n) is 9.73. The maximum Gasteiger partial charge on any atom is 0.269 e. The number of rotatable bonds is 8. The standard InChI is InChI=1S/C24H17BrIN3O5/c1-33-22-12-16(10-17(13-27)24(30)28-19-6-4-18(26)5-7-19)11-21(25)23(22)34-14-15-2-8-20(9-3-15)29(31)32/h2-12H,14H2,1H3,(H,28,30)/b17-10+. The molecule has 0 fully saturated rings. The lowest BCUT2D eigenvalue weighted by Crippen LogP contribution is -2.13. The van der Waals surface area contributed by atoms with Crippen LogP contribution in [-0.4, -0.2) is 17.9 Å². The number of hydrogen-bond acceptors (Lipinski definition) is 6. The van der Waals surface area contributed by atoms with Crippen molar-refractivity contribution in [1.29, 1.82) is 5.26 Å². The third kappa shape index (κ3) is 6.55. The number of nitriles is 1. The number of hydrogen-bond donors (Lipinski definition) is 1. The average molecular weight is 634 g/mol. The van der Waals surface area contributed by atoms with E-state index in [0.717, 1.165) is 9.13 Å². The summed E-state index contributed by atoms with van der Waals surface area (Å²) in [7, 11) is 1.47. The first-order chi connectivity index (χ1) is 16.3. The Labute approximate surface area is 217 Å². The van der Waals surface area contributed by atoms with Crippen molar-refractivity contribution < 1.29 is 19.2 Å². The molecule has 0 saturated carbocycles. The number of amides is 1. The van der Waals surface area contributed by atoms with Gasteiger partial charge in [-0.25, -0.2) is 0 Å². The number of ether oxygens (including phenoxy) is 2. The molecule has 8 nitrogen and oxygen atoms in total. The van der Waals surface area contributed by atoms with E-state index in [1.165, 1.54) is 25.3 Å². The van der Waals surface area contributed by atoms with E-state index in [4.69, 9.17) is 9.47 Å². The minimum atomic E-state index is -0.530. The van der Waals surface area contributed by atoms with Crippen LogP contribution in [0.25, 0.3) is 6.08 Å². The number of carbonyl (C=O) groups is 1. The second kappa shape index (κ2) is 11.6. The third-order valence-corrected chi connectivity index (χ3v) is 5.87. The molecule has 0 aliphatic carbocycles. The monoisotopic (exact) mass is 633 g/mol. The Morgan fingerprint density at radius 1 is 1.21 bits per heavy atom. The SMILES string of the molecule is COc1cc(/C=C(\C#N)C(=O)Nc2ccc(I)cc2)cc(Br)c1OCc1ccc([N+](=O)[O-])cc1. The highest BCUT2D eigenvalue weighted by atomic mass is 127. The third-order valence-electron chi connectivity index (χ3n) is 4.56. The van der Waals surface area contributed by atoms with Crippen molar-refractivity contribution in [2.75, 3.05) is 12.4 Å². The highest BCUT2D eigenvalue weighted by Gasteiger charge is 2.15. The van der Waals surface area contributed by atoms with Crippen LogP contribution in [0.5, 0.6) is 11.5 Å². The number of anilines is 1. The fourth-order valence-corrected chi connectivity index (χ4v) is 3.81. The quantitative estimate of drug-likeness (QED) is 0.105. The molecule has 3 aromatic rings. The zero-order valence-electron chi connectivity index (χ0n) is 17.7. The van der Waals surface area contributed by atoms with Gasteiger partial charge in [-0.2, -0.15) is 5.26 Å². The fraction of sp³-hybridized carbons (Fsp3) is 0.0833. The Morgan fingerprint density at radius 2 is 1.88 bits per heavy atom. The van der Waals surface area contributed by atoms with E-state index in [9.17, 15) is 20.2 Å². The van der Waals surface area contributed by atoms with E-state index >= 15 is 0 Å². The van der Waals surface area contributed by atoms with Crippen LogP contribution in [0.4, 0.5) is 11.4 Å². The molecule has 34 heavy (non-hydrogen) atoms. The fourth-order valence-electron chi connectivity index (χ4n) is 2.88. The van der Waals surface area contributed by atoms with Crippen molar-refractivity contribution in [3.63, 3.8) is 0 Å². The summed E-state index contributed by atoms with van der Waals surface area (Å²) in [5, 5.41) is 23.0. The van der Waals surface area contributed by atoms with Crippen molar-refractivity contribution in [1.82, 2.24) is 0 Å². The van der Waals surface area contributed by atoms with Crippen molar-refractivity contribution >= 4 is 61.9 Å². The maximum absolute atomic E-state index is 12.6. The molecule has 0 radical (unpaired) electrons. The molecule has 0 saturated heterocycles. The molecule has 0 aromatic heterocycles. The molecule has 3 rings (SSSR count). The molecular formula is C24H17BrIN3O5. The van der Waals surface area contributed by atoms with E-state index in [1.54, 1.807) is 36.4 Å². The lowest BCUT2D eigenvalue weighted by Gasteiger charge is -2.14. The highest BCUT2D eigenvalue weighted by molar-refractivity contribution is 14.1. The second-order valence-corrected chi connectivity index (χ2v) is 8.98. The zero-order valence-corrected chi connectivity index (χ0v) is 21.5. The van der Waals surface area contributed by atoms with Gasteiger partial charge in [0.1, 0.15) is 18.2 Å². The molecule has 0 spiro atoms. The summed E-state index contributed by atoms with van der Waals surface area (Å²) in [4.78, 5) is 22.9. The van der Waals surface area contributed by atoms with Crippen LogP contribution in [0.3, 0.4) is 0 Å². The molecule has 0 bridgehead atoms. The summed E-state index contributed by atoms with van der Waals surface area (Å²) in [6.07, 6.45) is 1.45. The van der Waals surface area contributed by atoms with Crippen molar-refractivity contribution in [3.8, 4) is 17.6 Å². The van der Waals surface area contributed by atoms with Crippen molar-refractivity contribution in [2.45, 2.75) is 6.61 Å². The molecule has 0 heterocycles. The molecule has 3 aromatic carbocycles. The smallest absolute Gasteiger partial charge is 0.269 e. The largest absolute Gasteiger partial charge is 0.493 e. The Kier molecular flexibility index (Phi) is 8.61. The van der Waals surface area contributed by atoms with E-state index in [0.29, 0.717) is 27.2 Å². The summed E-state index contributed by atoms with van der Waals surface area (Å²) in [5.41, 5.74) is 1.80. The van der Waals surface area contributed by atoms with Crippen LogP contribution in [0.1, 0.15) is 11.1 Å². The molecule has 1 amide bonds. The Morgan fingerprint density at radius 3 is 2.47 bits per heavy atom. The summed E-state index contributed by atoms with van der Waals surface area (Å²) in [6.45, 7) is 0.157. The van der Waals surface area contributed by atoms with Gasteiger partial charge < -0.3 is 14.8 Å². The summed E-state index contributed by atoms with van der Waals surface area (Å²) >= 11 is 5.61. The predicted molar refractivity (Wildman–Crippen MR) is 140 cm³/mol. The highest BCUT2D eigenvalue weighted by Crippen LogP contribution is 2.38. The Hall–Kier alpha value is -3.43. The minimum Gasteiger partial charge on any atom is -0.493 e. The number of nitro groups is 1. The van der Waals surface area contributed by atoms with Gasteiger partial charge in [0, 0.05) is 21.4 Å². The van der Waals surface area contributed by atoms with E-state index in [1.807, 2.05) is 18.2 Å². The molecule has 0 aliphatic heterocycles. The van der Waals surface area contributed by atoms with Crippen LogP contribution in [0, 0.1) is 25.0 Å². The van der Waals surface area contributed by atoms with Gasteiger partial charge in [0.2, 0.25) is 0 Å². The Bertz CT molecular complexity index is 1290. The zero-order chi connectivity index (χ0) is 24.7. The Balaban J connectivity index is 1.78. The van der Waals surface area contributed by atoms with E-state index < -0.39 is 10.8 Å². The predicted octanol–water partition coefficient (Wildman–Crippen LogP) is 6.10. The van der Waals surface area contributed by atoms with Crippen LogP contribution in [0.15, 0.2) is 70.7 Å². The van der Waals surface area contributed by atoms with Crippen molar-refractivity contribution in [3.05, 3.63) is 95.5 Å². The number of nitro benzene ring substituents is 1. The normalized spacial score (nSPS) is 10.8. The van der Waals surface area contributed by atoms with Crippen LogP contribution in [-0.2, 0) is 11.4 Å². The van der Waals surface area contributed by atoms with Gasteiger partial charge in [-0.3, -0.25) is 14.9 Å². The lowest BCUT2D eigenvalue weighted by atomic mass is 10.1. The van der Waals surface area contributed by atoms with Gasteiger partial charge in [-0.1, -0.05) is 0 Å². The first kappa shape index (κ1) is 25.2. The van der Waals surface area contributed by atoms with Crippen molar-refractivity contribution in [2.24, 2.45) is 0 Å². The molecule has 0 aliphatic rings. The molecule has 172 valence electrons. The second-order valence-electron chi connectivity index (χ2n) is 6.88. The summed E-state index contributed by atoms with van der Waals surface area (Å²) in [5.74, 6) is 0.273. The first-order valence-corrected chi connectivity index (χ1v) is 11.6. The number of benzene rings is 3. The van der Waals surface area contributed by atoms with Gasteiger partial charge >= 0.3 is 0 Å². The summed E-state index contributed by atoms with van der Waals surface area (Å²) < 4.78 is 12.9.